The predicted octanol–water partition coefficient (Wildman–Crippen LogP) is 3.14. The Labute approximate surface area is 138 Å². The van der Waals surface area contributed by atoms with E-state index in [0.29, 0.717) is 11.6 Å². The number of halogens is 1. The Bertz CT molecular complexity index is 663. The predicted molar refractivity (Wildman–Crippen MR) is 90.2 cm³/mol. The molecule has 1 amide bonds. The topological polar surface area (TPSA) is 54.0 Å². The van der Waals surface area contributed by atoms with Crippen molar-refractivity contribution < 1.29 is 4.79 Å². The second-order valence-corrected chi connectivity index (χ2v) is 7.11. The van der Waals surface area contributed by atoms with Gasteiger partial charge in [0.05, 0.1) is 18.3 Å². The second-order valence-electron chi connectivity index (χ2n) is 5.39. The Balaban J connectivity index is 1.67. The van der Waals surface area contributed by atoms with Crippen molar-refractivity contribution in [3.63, 3.8) is 0 Å². The normalized spacial score (nSPS) is 17.6. The van der Waals surface area contributed by atoms with Gasteiger partial charge in [0, 0.05) is 15.5 Å². The first-order valence-corrected chi connectivity index (χ1v) is 8.56. The van der Waals surface area contributed by atoms with E-state index in [1.165, 1.54) is 0 Å². The molecule has 0 spiro atoms. The minimum Gasteiger partial charge on any atom is -0.348 e. The highest BCUT2D eigenvalue weighted by atomic mass is 35.5. The highest BCUT2D eigenvalue weighted by molar-refractivity contribution is 7.12. The maximum atomic E-state index is 12.0. The number of carbonyl (C=O) groups is 1. The molecule has 2 N–H and O–H groups in total. The zero-order valence-corrected chi connectivity index (χ0v) is 13.9. The molecular formula is C16H18ClN3OS. The van der Waals surface area contributed by atoms with Crippen LogP contribution in [0.1, 0.15) is 22.7 Å². The van der Waals surface area contributed by atoms with E-state index in [1.807, 2.05) is 31.2 Å². The van der Waals surface area contributed by atoms with Crippen LogP contribution >= 0.6 is 22.9 Å². The minimum absolute atomic E-state index is 0.0446. The van der Waals surface area contributed by atoms with E-state index in [9.17, 15) is 4.79 Å². The minimum atomic E-state index is -0.0446. The molecule has 2 aromatic rings. The third-order valence-corrected chi connectivity index (χ3v) is 4.97. The van der Waals surface area contributed by atoms with Crippen molar-refractivity contribution in [3.05, 3.63) is 39.2 Å². The van der Waals surface area contributed by atoms with E-state index in [4.69, 9.17) is 11.6 Å². The third kappa shape index (κ3) is 3.48. The summed E-state index contributed by atoms with van der Waals surface area (Å²) >= 11 is 7.54. The first kappa shape index (κ1) is 15.5. The van der Waals surface area contributed by atoms with Gasteiger partial charge in [-0.2, -0.15) is 0 Å². The molecule has 3 rings (SSSR count). The molecule has 1 aliphatic heterocycles. The summed E-state index contributed by atoms with van der Waals surface area (Å²) < 4.78 is 0. The van der Waals surface area contributed by atoms with Gasteiger partial charge >= 0.3 is 0 Å². The average molecular weight is 336 g/mol. The van der Waals surface area contributed by atoms with E-state index in [0.717, 1.165) is 40.5 Å². The van der Waals surface area contributed by atoms with Crippen LogP contribution in [-0.4, -0.2) is 23.5 Å². The van der Waals surface area contributed by atoms with Crippen molar-refractivity contribution in [2.75, 3.05) is 6.54 Å². The number of benzene rings is 1. The lowest BCUT2D eigenvalue weighted by atomic mass is 10.1. The largest absolute Gasteiger partial charge is 0.348 e. The zero-order chi connectivity index (χ0) is 15.5. The van der Waals surface area contributed by atoms with Crippen LogP contribution in [0.25, 0.3) is 11.3 Å². The van der Waals surface area contributed by atoms with E-state index in [-0.39, 0.29) is 11.9 Å². The van der Waals surface area contributed by atoms with Crippen LogP contribution in [0, 0.1) is 6.92 Å². The molecule has 1 aliphatic rings. The average Bonchev–Trinajstić information content (AvgIpc) is 3.15. The molecule has 0 radical (unpaired) electrons. The van der Waals surface area contributed by atoms with Gasteiger partial charge in [0.2, 0.25) is 5.91 Å². The maximum absolute atomic E-state index is 12.0. The van der Waals surface area contributed by atoms with Crippen LogP contribution in [0.15, 0.2) is 24.3 Å². The molecule has 2 heterocycles. The van der Waals surface area contributed by atoms with Crippen LogP contribution in [-0.2, 0) is 11.3 Å². The highest BCUT2D eigenvalue weighted by Crippen LogP contribution is 2.28. The molecule has 4 nitrogen and oxygen atoms in total. The Morgan fingerprint density at radius 3 is 2.91 bits per heavy atom. The summed E-state index contributed by atoms with van der Waals surface area (Å²) in [6, 6.07) is 7.62. The number of rotatable bonds is 4. The summed E-state index contributed by atoms with van der Waals surface area (Å²) in [6.07, 6.45) is 1.98. The number of nitrogens with one attached hydrogen (secondary N) is 2. The van der Waals surface area contributed by atoms with Crippen molar-refractivity contribution in [2.24, 2.45) is 0 Å². The van der Waals surface area contributed by atoms with E-state index in [1.54, 1.807) is 11.3 Å². The Kier molecular flexibility index (Phi) is 4.76. The summed E-state index contributed by atoms with van der Waals surface area (Å²) in [4.78, 5) is 17.8. The molecule has 0 saturated carbocycles. The summed E-state index contributed by atoms with van der Waals surface area (Å²) in [5.41, 5.74) is 2.01. The monoisotopic (exact) mass is 335 g/mol. The number of nitrogens with zero attached hydrogens (tertiary/aromatic N) is 1. The molecule has 6 heteroatoms. The molecule has 1 atom stereocenters. The van der Waals surface area contributed by atoms with Crippen molar-refractivity contribution in [3.8, 4) is 11.3 Å². The first-order valence-electron chi connectivity index (χ1n) is 7.37. The highest BCUT2D eigenvalue weighted by Gasteiger charge is 2.21. The lowest BCUT2D eigenvalue weighted by Gasteiger charge is -2.09. The summed E-state index contributed by atoms with van der Waals surface area (Å²) in [6.45, 7) is 3.46. The van der Waals surface area contributed by atoms with E-state index in [2.05, 4.69) is 15.6 Å². The van der Waals surface area contributed by atoms with Crippen molar-refractivity contribution in [2.45, 2.75) is 32.4 Å². The van der Waals surface area contributed by atoms with Gasteiger partial charge in [-0.05, 0) is 38.4 Å². The molecule has 1 fully saturated rings. The van der Waals surface area contributed by atoms with Gasteiger partial charge in [-0.15, -0.1) is 11.3 Å². The number of carbonyl (C=O) groups excluding carboxylic acids is 1. The van der Waals surface area contributed by atoms with E-state index >= 15 is 0 Å². The second kappa shape index (κ2) is 6.77. The fraction of sp³-hybridized carbons (Fsp3) is 0.375. The molecule has 0 bridgehead atoms. The Morgan fingerprint density at radius 1 is 1.45 bits per heavy atom. The smallest absolute Gasteiger partial charge is 0.237 e. The maximum Gasteiger partial charge on any atom is 0.237 e. The number of hydrogen-bond donors (Lipinski definition) is 2. The zero-order valence-electron chi connectivity index (χ0n) is 12.4. The van der Waals surface area contributed by atoms with Gasteiger partial charge < -0.3 is 10.6 Å². The fourth-order valence-corrected chi connectivity index (χ4v) is 3.62. The molecule has 1 saturated heterocycles. The summed E-state index contributed by atoms with van der Waals surface area (Å²) in [7, 11) is 0. The van der Waals surface area contributed by atoms with Crippen LogP contribution < -0.4 is 10.6 Å². The van der Waals surface area contributed by atoms with Gasteiger partial charge in [-0.25, -0.2) is 4.98 Å². The van der Waals surface area contributed by atoms with Gasteiger partial charge in [-0.1, -0.05) is 23.7 Å². The number of aryl methyl sites for hydroxylation is 1. The van der Waals surface area contributed by atoms with Crippen molar-refractivity contribution >= 4 is 28.8 Å². The molecule has 1 aromatic carbocycles. The third-order valence-electron chi connectivity index (χ3n) is 3.75. The van der Waals surface area contributed by atoms with E-state index < -0.39 is 0 Å². The molecular weight excluding hydrogens is 318 g/mol. The van der Waals surface area contributed by atoms with Gasteiger partial charge in [0.1, 0.15) is 5.01 Å². The number of hydrogen-bond acceptors (Lipinski definition) is 4. The van der Waals surface area contributed by atoms with Crippen LogP contribution in [0.4, 0.5) is 0 Å². The number of amides is 1. The quantitative estimate of drug-likeness (QED) is 0.902. The molecule has 22 heavy (non-hydrogen) atoms. The standard InChI is InChI=1S/C16H18ClN3OS/c1-10-15(11-4-6-12(17)7-5-11)20-14(22-10)9-19-16(21)13-3-2-8-18-13/h4-7,13,18H,2-3,8-9H2,1H3,(H,19,21). The summed E-state index contributed by atoms with van der Waals surface area (Å²) in [5, 5.41) is 7.81. The van der Waals surface area contributed by atoms with Crippen LogP contribution in [0.2, 0.25) is 5.02 Å². The first-order chi connectivity index (χ1) is 10.6. The lowest BCUT2D eigenvalue weighted by Crippen LogP contribution is -2.39. The lowest BCUT2D eigenvalue weighted by molar-refractivity contribution is -0.122. The molecule has 1 unspecified atom stereocenters. The molecule has 116 valence electrons. The van der Waals surface area contributed by atoms with Gasteiger partial charge in [-0.3, -0.25) is 4.79 Å². The Morgan fingerprint density at radius 2 is 2.23 bits per heavy atom. The van der Waals surface area contributed by atoms with Gasteiger partial charge in [0.25, 0.3) is 0 Å². The summed E-state index contributed by atoms with van der Waals surface area (Å²) in [5.74, 6) is 0.0680. The van der Waals surface area contributed by atoms with Crippen LogP contribution in [0.3, 0.4) is 0 Å². The number of aromatic nitrogens is 1. The van der Waals surface area contributed by atoms with Gasteiger partial charge in [0.15, 0.2) is 0 Å². The Hall–Kier alpha value is -1.43. The fourth-order valence-electron chi connectivity index (χ4n) is 2.60. The SMILES string of the molecule is Cc1sc(CNC(=O)C2CCCN2)nc1-c1ccc(Cl)cc1. The molecule has 0 aliphatic carbocycles. The number of thiazole rings is 1. The van der Waals surface area contributed by atoms with Crippen molar-refractivity contribution in [1.82, 2.24) is 15.6 Å². The van der Waals surface area contributed by atoms with Crippen LogP contribution in [0.5, 0.6) is 0 Å². The molecule has 1 aromatic heterocycles. The van der Waals surface area contributed by atoms with Crippen molar-refractivity contribution in [1.29, 1.82) is 0 Å².